The Hall–Kier alpha value is -0.630. The minimum absolute atomic E-state index is 0.707. The maximum Gasteiger partial charge on any atom is 0.0484 e. The van der Waals surface area contributed by atoms with E-state index < -0.39 is 0 Å². The van der Waals surface area contributed by atoms with Gasteiger partial charge in [0.2, 0.25) is 0 Å². The van der Waals surface area contributed by atoms with Crippen LogP contribution in [0.3, 0.4) is 0 Å². The fourth-order valence-electron chi connectivity index (χ4n) is 2.02. The van der Waals surface area contributed by atoms with Gasteiger partial charge in [0.15, 0.2) is 0 Å². The molecule has 82 valence electrons. The lowest BCUT2D eigenvalue weighted by molar-refractivity contribution is 0.619. The minimum Gasteiger partial charge on any atom is -0.383 e. The van der Waals surface area contributed by atoms with Gasteiger partial charge in [-0.15, -0.1) is 11.8 Å². The van der Waals surface area contributed by atoms with E-state index in [2.05, 4.69) is 45.1 Å². The van der Waals surface area contributed by atoms with E-state index in [1.807, 2.05) is 11.8 Å². The monoisotopic (exact) mass is 221 g/mol. The molecule has 0 amide bonds. The van der Waals surface area contributed by atoms with Gasteiger partial charge in [-0.1, -0.05) is 19.9 Å². The topological polar surface area (TPSA) is 12.0 Å². The van der Waals surface area contributed by atoms with Crippen LogP contribution in [0.5, 0.6) is 0 Å². The van der Waals surface area contributed by atoms with Gasteiger partial charge in [-0.3, -0.25) is 0 Å². The zero-order valence-electron chi connectivity index (χ0n) is 9.92. The SMILES string of the molecule is Cc1cc(C)c2c(c1)NCC(C(C)C)S2. The molecule has 1 aliphatic rings. The first-order chi connectivity index (χ1) is 7.08. The summed E-state index contributed by atoms with van der Waals surface area (Å²) < 4.78 is 0. The molecule has 0 radical (unpaired) electrons. The Bertz CT molecular complexity index is 371. The quantitative estimate of drug-likeness (QED) is 0.773. The molecule has 1 aliphatic heterocycles. The highest BCUT2D eigenvalue weighted by Crippen LogP contribution is 2.40. The molecule has 0 saturated heterocycles. The molecule has 1 unspecified atom stereocenters. The first kappa shape index (κ1) is 10.9. The molecule has 1 N–H and O–H groups in total. The number of fused-ring (bicyclic) bond motifs is 1. The molecule has 1 aromatic rings. The Labute approximate surface area is 96.7 Å². The van der Waals surface area contributed by atoms with Gasteiger partial charge < -0.3 is 5.32 Å². The van der Waals surface area contributed by atoms with Crippen molar-refractivity contribution in [2.75, 3.05) is 11.9 Å². The van der Waals surface area contributed by atoms with Crippen LogP contribution in [0.4, 0.5) is 5.69 Å². The Kier molecular flexibility index (Phi) is 2.96. The van der Waals surface area contributed by atoms with Crippen LogP contribution in [-0.2, 0) is 0 Å². The Balaban J connectivity index is 2.33. The van der Waals surface area contributed by atoms with Crippen LogP contribution in [-0.4, -0.2) is 11.8 Å². The van der Waals surface area contributed by atoms with E-state index in [1.54, 1.807) is 0 Å². The van der Waals surface area contributed by atoms with Crippen LogP contribution in [0.2, 0.25) is 0 Å². The lowest BCUT2D eigenvalue weighted by atomic mass is 10.1. The van der Waals surface area contributed by atoms with Crippen molar-refractivity contribution >= 4 is 17.4 Å². The van der Waals surface area contributed by atoms with Crippen LogP contribution in [0.1, 0.15) is 25.0 Å². The van der Waals surface area contributed by atoms with Crippen molar-refractivity contribution in [3.8, 4) is 0 Å². The predicted octanol–water partition coefficient (Wildman–Crippen LogP) is 3.85. The van der Waals surface area contributed by atoms with Crippen molar-refractivity contribution < 1.29 is 0 Å². The summed E-state index contributed by atoms with van der Waals surface area (Å²) >= 11 is 2.04. The molecule has 0 bridgehead atoms. The number of hydrogen-bond donors (Lipinski definition) is 1. The predicted molar refractivity (Wildman–Crippen MR) is 68.9 cm³/mol. The highest BCUT2D eigenvalue weighted by molar-refractivity contribution is 8.00. The third-order valence-corrected chi connectivity index (χ3v) is 4.72. The second kappa shape index (κ2) is 4.09. The fourth-order valence-corrected chi connectivity index (χ4v) is 3.26. The van der Waals surface area contributed by atoms with E-state index in [1.165, 1.54) is 21.7 Å². The van der Waals surface area contributed by atoms with E-state index >= 15 is 0 Å². The highest BCUT2D eigenvalue weighted by atomic mass is 32.2. The summed E-state index contributed by atoms with van der Waals surface area (Å²) in [6, 6.07) is 4.53. The summed E-state index contributed by atoms with van der Waals surface area (Å²) in [5.74, 6) is 0.733. The molecular weight excluding hydrogens is 202 g/mol. The number of nitrogens with one attached hydrogen (secondary N) is 1. The third-order valence-electron chi connectivity index (χ3n) is 2.93. The van der Waals surface area contributed by atoms with Crippen molar-refractivity contribution in [2.24, 2.45) is 5.92 Å². The maximum absolute atomic E-state index is 3.55. The normalized spacial score (nSPS) is 19.9. The van der Waals surface area contributed by atoms with Crippen LogP contribution < -0.4 is 5.32 Å². The lowest BCUT2D eigenvalue weighted by Gasteiger charge is -2.29. The number of rotatable bonds is 1. The molecule has 0 spiro atoms. The van der Waals surface area contributed by atoms with Crippen molar-refractivity contribution in [3.63, 3.8) is 0 Å². The molecular formula is C13H19NS. The van der Waals surface area contributed by atoms with E-state index in [0.717, 1.165) is 12.5 Å². The van der Waals surface area contributed by atoms with Gasteiger partial charge in [0.1, 0.15) is 0 Å². The average molecular weight is 221 g/mol. The Morgan fingerprint density at radius 1 is 1.33 bits per heavy atom. The Morgan fingerprint density at radius 2 is 2.07 bits per heavy atom. The van der Waals surface area contributed by atoms with Gasteiger partial charge >= 0.3 is 0 Å². The standard InChI is InChI=1S/C13H19NS/c1-8(2)12-7-14-11-6-9(3)5-10(4)13(11)15-12/h5-6,8,12,14H,7H2,1-4H3. The van der Waals surface area contributed by atoms with Crippen LogP contribution >= 0.6 is 11.8 Å². The summed E-state index contributed by atoms with van der Waals surface area (Å²) in [7, 11) is 0. The van der Waals surface area contributed by atoms with E-state index in [0.29, 0.717) is 5.25 Å². The summed E-state index contributed by atoms with van der Waals surface area (Å²) in [6.07, 6.45) is 0. The van der Waals surface area contributed by atoms with Gasteiger partial charge in [0, 0.05) is 22.4 Å². The number of anilines is 1. The van der Waals surface area contributed by atoms with E-state index in [4.69, 9.17) is 0 Å². The van der Waals surface area contributed by atoms with Crippen molar-refractivity contribution in [1.29, 1.82) is 0 Å². The molecule has 15 heavy (non-hydrogen) atoms. The minimum atomic E-state index is 0.707. The summed E-state index contributed by atoms with van der Waals surface area (Å²) in [5.41, 5.74) is 4.09. The second-order valence-electron chi connectivity index (χ2n) is 4.74. The number of thioether (sulfide) groups is 1. The largest absolute Gasteiger partial charge is 0.383 e. The third kappa shape index (κ3) is 2.15. The van der Waals surface area contributed by atoms with E-state index in [-0.39, 0.29) is 0 Å². The van der Waals surface area contributed by atoms with Crippen molar-refractivity contribution in [2.45, 2.75) is 37.8 Å². The van der Waals surface area contributed by atoms with Crippen LogP contribution in [0.15, 0.2) is 17.0 Å². The molecule has 0 aromatic heterocycles. The zero-order chi connectivity index (χ0) is 11.0. The van der Waals surface area contributed by atoms with Gasteiger partial charge in [-0.2, -0.15) is 0 Å². The molecule has 1 aromatic carbocycles. The van der Waals surface area contributed by atoms with Crippen LogP contribution in [0.25, 0.3) is 0 Å². The van der Waals surface area contributed by atoms with Crippen LogP contribution in [0, 0.1) is 19.8 Å². The second-order valence-corrected chi connectivity index (χ2v) is 5.99. The molecule has 0 aliphatic carbocycles. The van der Waals surface area contributed by atoms with Gasteiger partial charge in [-0.05, 0) is 37.0 Å². The zero-order valence-corrected chi connectivity index (χ0v) is 10.7. The fraction of sp³-hybridized carbons (Fsp3) is 0.538. The molecule has 1 heterocycles. The Morgan fingerprint density at radius 3 is 2.73 bits per heavy atom. The molecule has 2 rings (SSSR count). The summed E-state index contributed by atoms with van der Waals surface area (Å²) in [4.78, 5) is 1.45. The van der Waals surface area contributed by atoms with Crippen molar-refractivity contribution in [1.82, 2.24) is 0 Å². The molecule has 2 heteroatoms. The van der Waals surface area contributed by atoms with E-state index in [9.17, 15) is 0 Å². The maximum atomic E-state index is 3.55. The number of benzene rings is 1. The summed E-state index contributed by atoms with van der Waals surface area (Å²) in [5, 5.41) is 4.26. The number of aryl methyl sites for hydroxylation is 2. The van der Waals surface area contributed by atoms with Gasteiger partial charge in [0.25, 0.3) is 0 Å². The highest BCUT2D eigenvalue weighted by Gasteiger charge is 2.22. The van der Waals surface area contributed by atoms with Gasteiger partial charge in [-0.25, -0.2) is 0 Å². The molecule has 0 fully saturated rings. The first-order valence-corrected chi connectivity index (χ1v) is 6.47. The van der Waals surface area contributed by atoms with Crippen molar-refractivity contribution in [3.05, 3.63) is 23.3 Å². The lowest BCUT2D eigenvalue weighted by Crippen LogP contribution is -2.26. The molecule has 1 atom stereocenters. The average Bonchev–Trinajstić information content (AvgIpc) is 2.16. The number of hydrogen-bond acceptors (Lipinski definition) is 2. The molecule has 0 saturated carbocycles. The summed E-state index contributed by atoms with van der Waals surface area (Å²) in [6.45, 7) is 10.1. The molecule has 1 nitrogen and oxygen atoms in total. The van der Waals surface area contributed by atoms with Gasteiger partial charge in [0.05, 0.1) is 0 Å². The first-order valence-electron chi connectivity index (χ1n) is 5.59. The smallest absolute Gasteiger partial charge is 0.0484 e.